The van der Waals surface area contributed by atoms with Crippen molar-refractivity contribution in [3.63, 3.8) is 0 Å². The first-order valence-corrected chi connectivity index (χ1v) is 6.50. The normalized spacial score (nSPS) is 10.3. The van der Waals surface area contributed by atoms with Crippen LogP contribution in [0.1, 0.15) is 15.9 Å². The molecule has 2 aromatic rings. The van der Waals surface area contributed by atoms with Crippen LogP contribution < -0.4 is 4.74 Å². The number of hydrogen-bond acceptors (Lipinski definition) is 2. The van der Waals surface area contributed by atoms with Gasteiger partial charge in [0.05, 0.1) is 5.02 Å². The van der Waals surface area contributed by atoms with E-state index >= 15 is 0 Å². The van der Waals surface area contributed by atoms with E-state index < -0.39 is 0 Å². The predicted molar refractivity (Wildman–Crippen MR) is 77.5 cm³/mol. The monoisotopic (exact) mass is 294 g/mol. The molecule has 0 aromatic heterocycles. The Bertz CT molecular complexity index is 609. The topological polar surface area (TPSA) is 26.3 Å². The molecule has 0 fully saturated rings. The summed E-state index contributed by atoms with van der Waals surface area (Å²) >= 11 is 11.8. The number of ketones is 1. The number of rotatable bonds is 4. The third kappa shape index (κ3) is 3.49. The summed E-state index contributed by atoms with van der Waals surface area (Å²) in [6.07, 6.45) is 0. The average Bonchev–Trinajstić information content (AvgIpc) is 2.40. The molecule has 0 N–H and O–H groups in total. The molecule has 98 valence electrons. The van der Waals surface area contributed by atoms with E-state index in [0.29, 0.717) is 21.4 Å². The van der Waals surface area contributed by atoms with Crippen molar-refractivity contribution < 1.29 is 9.53 Å². The van der Waals surface area contributed by atoms with Crippen LogP contribution in [0.4, 0.5) is 0 Å². The van der Waals surface area contributed by atoms with Crippen LogP contribution in [0.2, 0.25) is 10.0 Å². The van der Waals surface area contributed by atoms with Gasteiger partial charge < -0.3 is 4.74 Å². The summed E-state index contributed by atoms with van der Waals surface area (Å²) < 4.78 is 5.50. The van der Waals surface area contributed by atoms with Gasteiger partial charge in [-0.3, -0.25) is 4.79 Å². The molecule has 0 unspecified atom stereocenters. The van der Waals surface area contributed by atoms with Gasteiger partial charge in [-0.25, -0.2) is 0 Å². The first kappa shape index (κ1) is 13.9. The van der Waals surface area contributed by atoms with Crippen molar-refractivity contribution in [1.29, 1.82) is 0 Å². The number of Topliss-reactive ketones (excluding diaryl/α,β-unsaturated/α-hetero) is 1. The quantitative estimate of drug-likeness (QED) is 0.773. The molecule has 0 bridgehead atoms. The first-order chi connectivity index (χ1) is 9.08. The number of carbonyl (C=O) groups is 1. The summed E-state index contributed by atoms with van der Waals surface area (Å²) in [5.74, 6) is 0.491. The largest absolute Gasteiger partial charge is 0.485 e. The number of para-hydroxylation sites is 1. The van der Waals surface area contributed by atoms with Gasteiger partial charge >= 0.3 is 0 Å². The van der Waals surface area contributed by atoms with Crippen LogP contribution in [0.15, 0.2) is 42.5 Å². The summed E-state index contributed by atoms with van der Waals surface area (Å²) in [5, 5.41) is 0.853. The fourth-order valence-electron chi connectivity index (χ4n) is 1.65. The Hall–Kier alpha value is -1.51. The highest BCUT2D eigenvalue weighted by Gasteiger charge is 2.12. The highest BCUT2D eigenvalue weighted by Crippen LogP contribution is 2.22. The number of aryl methyl sites for hydroxylation is 1. The predicted octanol–water partition coefficient (Wildman–Crippen LogP) is 4.56. The van der Waals surface area contributed by atoms with Crippen molar-refractivity contribution in [2.24, 2.45) is 0 Å². The second-order valence-corrected chi connectivity index (χ2v) is 4.95. The maximum Gasteiger partial charge on any atom is 0.201 e. The van der Waals surface area contributed by atoms with E-state index in [0.717, 1.165) is 5.56 Å². The molecule has 4 heteroatoms. The molecule has 0 saturated heterocycles. The third-order valence-corrected chi connectivity index (χ3v) is 3.25. The van der Waals surface area contributed by atoms with Crippen molar-refractivity contribution in [2.45, 2.75) is 6.92 Å². The fraction of sp³-hybridized carbons (Fsp3) is 0.133. The van der Waals surface area contributed by atoms with E-state index in [2.05, 4.69) is 0 Å². The number of carbonyl (C=O) groups excluding carboxylic acids is 1. The minimum absolute atomic E-state index is 0.0646. The van der Waals surface area contributed by atoms with Crippen LogP contribution in [0, 0.1) is 6.92 Å². The maximum absolute atomic E-state index is 12.0. The lowest BCUT2D eigenvalue weighted by atomic mass is 10.1. The standard InChI is InChI=1S/C15H12Cl2O2/c1-10-4-2-3-5-15(10)19-9-14(18)12-8-11(16)6-7-13(12)17/h2-8H,9H2,1H3. The van der Waals surface area contributed by atoms with E-state index in [1.807, 2.05) is 31.2 Å². The molecule has 0 saturated carbocycles. The lowest BCUT2D eigenvalue weighted by molar-refractivity contribution is 0.0921. The van der Waals surface area contributed by atoms with Gasteiger partial charge in [-0.05, 0) is 36.8 Å². The number of benzene rings is 2. The van der Waals surface area contributed by atoms with Gasteiger partial charge in [-0.1, -0.05) is 41.4 Å². The Morgan fingerprint density at radius 1 is 1.16 bits per heavy atom. The summed E-state index contributed by atoms with van der Waals surface area (Å²) in [5.41, 5.74) is 1.36. The van der Waals surface area contributed by atoms with Crippen LogP contribution in [0.5, 0.6) is 5.75 Å². The second kappa shape index (κ2) is 6.09. The van der Waals surface area contributed by atoms with Crippen LogP contribution in [-0.2, 0) is 0 Å². The molecular weight excluding hydrogens is 283 g/mol. The van der Waals surface area contributed by atoms with Crippen molar-refractivity contribution >= 4 is 29.0 Å². The number of halogens is 2. The molecule has 0 atom stereocenters. The number of ether oxygens (including phenoxy) is 1. The van der Waals surface area contributed by atoms with E-state index in [4.69, 9.17) is 27.9 Å². The fourth-order valence-corrected chi connectivity index (χ4v) is 2.05. The Kier molecular flexibility index (Phi) is 4.46. The summed E-state index contributed by atoms with van der Waals surface area (Å²) in [6, 6.07) is 12.3. The molecule has 0 radical (unpaired) electrons. The van der Waals surface area contributed by atoms with E-state index in [-0.39, 0.29) is 12.4 Å². The van der Waals surface area contributed by atoms with E-state index in [9.17, 15) is 4.79 Å². The van der Waals surface area contributed by atoms with Gasteiger partial charge in [0, 0.05) is 10.6 Å². The lowest BCUT2D eigenvalue weighted by Crippen LogP contribution is -2.12. The molecule has 0 aliphatic rings. The molecule has 0 aliphatic carbocycles. The molecular formula is C15H12Cl2O2. The SMILES string of the molecule is Cc1ccccc1OCC(=O)c1cc(Cl)ccc1Cl. The molecule has 0 heterocycles. The maximum atomic E-state index is 12.0. The second-order valence-electron chi connectivity index (χ2n) is 4.10. The van der Waals surface area contributed by atoms with E-state index in [1.54, 1.807) is 18.2 Å². The molecule has 2 nitrogen and oxygen atoms in total. The van der Waals surface area contributed by atoms with Crippen LogP contribution in [0.25, 0.3) is 0 Å². The molecule has 2 rings (SSSR count). The molecule has 0 aliphatic heterocycles. The zero-order valence-corrected chi connectivity index (χ0v) is 11.8. The van der Waals surface area contributed by atoms with Gasteiger partial charge in [0.1, 0.15) is 5.75 Å². The van der Waals surface area contributed by atoms with Gasteiger partial charge in [0.25, 0.3) is 0 Å². The van der Waals surface area contributed by atoms with Crippen LogP contribution in [0.3, 0.4) is 0 Å². The molecule has 0 spiro atoms. The Labute approximate surface area is 121 Å². The summed E-state index contributed by atoms with van der Waals surface area (Å²) in [7, 11) is 0. The lowest BCUT2D eigenvalue weighted by Gasteiger charge is -2.09. The Balaban J connectivity index is 2.10. The van der Waals surface area contributed by atoms with Crippen LogP contribution in [-0.4, -0.2) is 12.4 Å². The molecule has 2 aromatic carbocycles. The smallest absolute Gasteiger partial charge is 0.201 e. The zero-order chi connectivity index (χ0) is 13.8. The van der Waals surface area contributed by atoms with Crippen molar-refractivity contribution in [3.8, 4) is 5.75 Å². The van der Waals surface area contributed by atoms with Crippen molar-refractivity contribution in [1.82, 2.24) is 0 Å². The average molecular weight is 295 g/mol. The highest BCUT2D eigenvalue weighted by molar-refractivity contribution is 6.35. The number of hydrogen-bond donors (Lipinski definition) is 0. The third-order valence-electron chi connectivity index (χ3n) is 2.68. The van der Waals surface area contributed by atoms with Gasteiger partial charge in [-0.2, -0.15) is 0 Å². The minimum atomic E-state index is -0.198. The van der Waals surface area contributed by atoms with Crippen molar-refractivity contribution in [3.05, 3.63) is 63.6 Å². The summed E-state index contributed by atoms with van der Waals surface area (Å²) in [6.45, 7) is 1.86. The van der Waals surface area contributed by atoms with Crippen molar-refractivity contribution in [2.75, 3.05) is 6.61 Å². The van der Waals surface area contributed by atoms with E-state index in [1.165, 1.54) is 0 Å². The van der Waals surface area contributed by atoms with Gasteiger partial charge in [0.2, 0.25) is 5.78 Å². The van der Waals surface area contributed by atoms with Gasteiger partial charge in [0.15, 0.2) is 6.61 Å². The Morgan fingerprint density at radius 3 is 2.63 bits per heavy atom. The Morgan fingerprint density at radius 2 is 1.89 bits per heavy atom. The molecule has 0 amide bonds. The summed E-state index contributed by atoms with van der Waals surface area (Å²) in [4.78, 5) is 12.0. The van der Waals surface area contributed by atoms with Crippen LogP contribution >= 0.6 is 23.2 Å². The van der Waals surface area contributed by atoms with Gasteiger partial charge in [-0.15, -0.1) is 0 Å². The highest BCUT2D eigenvalue weighted by atomic mass is 35.5. The first-order valence-electron chi connectivity index (χ1n) is 5.74. The minimum Gasteiger partial charge on any atom is -0.485 e. The molecule has 19 heavy (non-hydrogen) atoms. The zero-order valence-electron chi connectivity index (χ0n) is 10.3.